The zero-order valence-electron chi connectivity index (χ0n) is 14.9. The standard InChI is InChI=1S/C20H21N5O/c1-3-16-12-18(25-19(24-16)17-6-4-5-11-22-17)23-13-14-7-9-15(10-8-14)20(26)21-2/h4-12H,3,13H2,1-2H3,(H,21,26)(H,23,24,25). The van der Waals surface area contributed by atoms with Crippen LogP contribution in [0.3, 0.4) is 0 Å². The minimum Gasteiger partial charge on any atom is -0.366 e. The van der Waals surface area contributed by atoms with Crippen molar-refractivity contribution in [3.8, 4) is 11.5 Å². The van der Waals surface area contributed by atoms with Crippen molar-refractivity contribution in [2.45, 2.75) is 19.9 Å². The van der Waals surface area contributed by atoms with Crippen molar-refractivity contribution in [2.24, 2.45) is 0 Å². The predicted octanol–water partition coefficient (Wildman–Crippen LogP) is 3.07. The van der Waals surface area contributed by atoms with Crippen molar-refractivity contribution >= 4 is 11.7 Å². The van der Waals surface area contributed by atoms with Crippen molar-refractivity contribution in [3.05, 3.63) is 71.5 Å². The molecular weight excluding hydrogens is 326 g/mol. The van der Waals surface area contributed by atoms with E-state index in [0.29, 0.717) is 17.9 Å². The van der Waals surface area contributed by atoms with E-state index >= 15 is 0 Å². The molecule has 132 valence electrons. The van der Waals surface area contributed by atoms with Crippen LogP contribution in [0.2, 0.25) is 0 Å². The van der Waals surface area contributed by atoms with Crippen molar-refractivity contribution in [1.82, 2.24) is 20.3 Å². The molecule has 2 N–H and O–H groups in total. The SMILES string of the molecule is CCc1cc(NCc2ccc(C(=O)NC)cc2)nc(-c2ccccn2)n1. The maximum absolute atomic E-state index is 11.6. The molecule has 6 nitrogen and oxygen atoms in total. The maximum Gasteiger partial charge on any atom is 0.251 e. The molecule has 3 aromatic rings. The number of nitrogens with one attached hydrogen (secondary N) is 2. The van der Waals surface area contributed by atoms with Gasteiger partial charge in [-0.05, 0) is 36.2 Å². The third kappa shape index (κ3) is 4.22. The van der Waals surface area contributed by atoms with E-state index in [1.165, 1.54) is 0 Å². The number of carbonyl (C=O) groups excluding carboxylic acids is 1. The number of carbonyl (C=O) groups is 1. The highest BCUT2D eigenvalue weighted by atomic mass is 16.1. The van der Waals surface area contributed by atoms with Crippen molar-refractivity contribution in [2.75, 3.05) is 12.4 Å². The second kappa shape index (κ2) is 8.20. The third-order valence-electron chi connectivity index (χ3n) is 3.95. The zero-order valence-corrected chi connectivity index (χ0v) is 14.9. The summed E-state index contributed by atoms with van der Waals surface area (Å²) in [5.74, 6) is 1.28. The van der Waals surface area contributed by atoms with Gasteiger partial charge in [0, 0.05) is 37.1 Å². The smallest absolute Gasteiger partial charge is 0.251 e. The molecule has 1 aromatic carbocycles. The minimum atomic E-state index is -0.0899. The van der Waals surface area contributed by atoms with Crippen LogP contribution in [-0.2, 0) is 13.0 Å². The van der Waals surface area contributed by atoms with E-state index < -0.39 is 0 Å². The number of aromatic nitrogens is 3. The lowest BCUT2D eigenvalue weighted by molar-refractivity contribution is 0.0963. The normalized spacial score (nSPS) is 10.4. The van der Waals surface area contributed by atoms with Crippen LogP contribution in [0.15, 0.2) is 54.7 Å². The van der Waals surface area contributed by atoms with Crippen LogP contribution in [-0.4, -0.2) is 27.9 Å². The molecule has 3 rings (SSSR count). The number of aryl methyl sites for hydroxylation is 1. The van der Waals surface area contributed by atoms with E-state index in [9.17, 15) is 4.79 Å². The van der Waals surface area contributed by atoms with Gasteiger partial charge in [-0.1, -0.05) is 25.1 Å². The molecule has 0 saturated heterocycles. The number of hydrogen-bond acceptors (Lipinski definition) is 5. The Labute approximate surface area is 152 Å². The highest BCUT2D eigenvalue weighted by molar-refractivity contribution is 5.93. The van der Waals surface area contributed by atoms with Crippen molar-refractivity contribution < 1.29 is 4.79 Å². The maximum atomic E-state index is 11.6. The minimum absolute atomic E-state index is 0.0899. The lowest BCUT2D eigenvalue weighted by atomic mass is 10.1. The summed E-state index contributed by atoms with van der Waals surface area (Å²) < 4.78 is 0. The van der Waals surface area contributed by atoms with E-state index in [1.807, 2.05) is 48.5 Å². The number of benzene rings is 1. The molecule has 26 heavy (non-hydrogen) atoms. The third-order valence-corrected chi connectivity index (χ3v) is 3.95. The molecule has 0 saturated carbocycles. The summed E-state index contributed by atoms with van der Waals surface area (Å²) in [4.78, 5) is 25.1. The first-order chi connectivity index (χ1) is 12.7. The number of nitrogens with zero attached hydrogens (tertiary/aromatic N) is 3. The van der Waals surface area contributed by atoms with Gasteiger partial charge in [0.25, 0.3) is 5.91 Å². The van der Waals surface area contributed by atoms with Crippen LogP contribution in [0.25, 0.3) is 11.5 Å². The molecule has 0 bridgehead atoms. The van der Waals surface area contributed by atoms with Crippen LogP contribution in [0, 0.1) is 0 Å². The highest BCUT2D eigenvalue weighted by Gasteiger charge is 2.07. The Morgan fingerprint density at radius 3 is 2.54 bits per heavy atom. The van der Waals surface area contributed by atoms with Gasteiger partial charge in [0.2, 0.25) is 0 Å². The van der Waals surface area contributed by atoms with Gasteiger partial charge in [-0.3, -0.25) is 9.78 Å². The zero-order chi connectivity index (χ0) is 18.4. The van der Waals surface area contributed by atoms with Crippen LogP contribution in [0.4, 0.5) is 5.82 Å². The fourth-order valence-corrected chi connectivity index (χ4v) is 2.49. The van der Waals surface area contributed by atoms with E-state index in [0.717, 1.165) is 29.2 Å². The summed E-state index contributed by atoms with van der Waals surface area (Å²) in [5, 5.41) is 5.94. The summed E-state index contributed by atoms with van der Waals surface area (Å²) in [6.45, 7) is 2.67. The topological polar surface area (TPSA) is 79.8 Å². The first-order valence-electron chi connectivity index (χ1n) is 8.54. The van der Waals surface area contributed by atoms with Gasteiger partial charge in [0.1, 0.15) is 11.5 Å². The Morgan fingerprint density at radius 1 is 1.08 bits per heavy atom. The monoisotopic (exact) mass is 347 g/mol. The Kier molecular flexibility index (Phi) is 5.53. The van der Waals surface area contributed by atoms with Gasteiger partial charge in [-0.2, -0.15) is 0 Å². The van der Waals surface area contributed by atoms with E-state index in [4.69, 9.17) is 0 Å². The number of rotatable bonds is 6. The molecule has 0 aliphatic rings. The predicted molar refractivity (Wildman–Crippen MR) is 102 cm³/mol. The van der Waals surface area contributed by atoms with Gasteiger partial charge in [-0.15, -0.1) is 0 Å². The van der Waals surface area contributed by atoms with Gasteiger partial charge < -0.3 is 10.6 Å². The van der Waals surface area contributed by atoms with Crippen molar-refractivity contribution in [3.63, 3.8) is 0 Å². The molecule has 0 radical (unpaired) electrons. The van der Waals surface area contributed by atoms with E-state index in [1.54, 1.807) is 13.2 Å². The Balaban J connectivity index is 1.76. The molecule has 6 heteroatoms. The molecular formula is C20H21N5O. The summed E-state index contributed by atoms with van der Waals surface area (Å²) in [5.41, 5.74) is 3.41. The average molecular weight is 347 g/mol. The summed E-state index contributed by atoms with van der Waals surface area (Å²) in [6, 6.07) is 15.1. The lowest BCUT2D eigenvalue weighted by Gasteiger charge is -2.10. The van der Waals surface area contributed by atoms with Crippen LogP contribution >= 0.6 is 0 Å². The molecule has 2 aromatic heterocycles. The van der Waals surface area contributed by atoms with E-state index in [2.05, 4.69) is 32.5 Å². The largest absolute Gasteiger partial charge is 0.366 e. The van der Waals surface area contributed by atoms with Crippen LogP contribution < -0.4 is 10.6 Å². The second-order valence-corrected chi connectivity index (χ2v) is 5.77. The van der Waals surface area contributed by atoms with E-state index in [-0.39, 0.29) is 5.91 Å². The molecule has 1 amide bonds. The molecule has 0 unspecified atom stereocenters. The van der Waals surface area contributed by atoms with Gasteiger partial charge in [0.15, 0.2) is 5.82 Å². The van der Waals surface area contributed by atoms with Crippen LogP contribution in [0.5, 0.6) is 0 Å². The lowest BCUT2D eigenvalue weighted by Crippen LogP contribution is -2.17. The molecule has 2 heterocycles. The number of hydrogen-bond donors (Lipinski definition) is 2. The number of anilines is 1. The van der Waals surface area contributed by atoms with Crippen LogP contribution in [0.1, 0.15) is 28.5 Å². The Morgan fingerprint density at radius 2 is 1.88 bits per heavy atom. The summed E-state index contributed by atoms with van der Waals surface area (Å²) >= 11 is 0. The molecule has 0 fully saturated rings. The molecule has 0 aliphatic carbocycles. The van der Waals surface area contributed by atoms with Crippen molar-refractivity contribution in [1.29, 1.82) is 0 Å². The first kappa shape index (κ1) is 17.5. The quantitative estimate of drug-likeness (QED) is 0.716. The average Bonchev–Trinajstić information content (AvgIpc) is 2.72. The highest BCUT2D eigenvalue weighted by Crippen LogP contribution is 2.17. The Hall–Kier alpha value is -3.28. The fraction of sp³-hybridized carbons (Fsp3) is 0.200. The van der Waals surface area contributed by atoms with Gasteiger partial charge in [0.05, 0.1) is 0 Å². The number of pyridine rings is 1. The molecule has 0 atom stereocenters. The Bertz CT molecular complexity index is 878. The summed E-state index contributed by atoms with van der Waals surface area (Å²) in [6.07, 6.45) is 2.55. The summed E-state index contributed by atoms with van der Waals surface area (Å²) in [7, 11) is 1.62. The molecule has 0 aliphatic heterocycles. The molecule has 0 spiro atoms. The fourth-order valence-electron chi connectivity index (χ4n) is 2.49. The van der Waals surface area contributed by atoms with Gasteiger partial charge >= 0.3 is 0 Å². The first-order valence-corrected chi connectivity index (χ1v) is 8.54. The van der Waals surface area contributed by atoms with Gasteiger partial charge in [-0.25, -0.2) is 9.97 Å². The second-order valence-electron chi connectivity index (χ2n) is 5.77. The number of amides is 1.